The van der Waals surface area contributed by atoms with E-state index in [-0.39, 0.29) is 24.2 Å². The SMILES string of the molecule is C=[N+]1C=C(CC2NC(=O)C(NC(=O)c3ccccc3O)C(C)NC(=O)C(Cc3ccccc3)OC(=O)C(C)C2O)C=CC1. The van der Waals surface area contributed by atoms with Crippen molar-refractivity contribution >= 4 is 30.4 Å². The number of phenols is 1. The van der Waals surface area contributed by atoms with Crippen molar-refractivity contribution in [2.24, 2.45) is 5.92 Å². The van der Waals surface area contributed by atoms with Crippen molar-refractivity contribution in [3.8, 4) is 5.75 Å². The van der Waals surface area contributed by atoms with Gasteiger partial charge in [0.1, 0.15) is 18.5 Å². The van der Waals surface area contributed by atoms with Gasteiger partial charge in [0, 0.05) is 18.4 Å². The predicted molar refractivity (Wildman–Crippen MR) is 158 cm³/mol. The van der Waals surface area contributed by atoms with Gasteiger partial charge in [0.05, 0.1) is 29.7 Å². The molecule has 226 valence electrons. The van der Waals surface area contributed by atoms with Gasteiger partial charge in [-0.15, -0.1) is 0 Å². The zero-order valence-corrected chi connectivity index (χ0v) is 24.1. The summed E-state index contributed by atoms with van der Waals surface area (Å²) in [6.07, 6.45) is 3.01. The number of cyclic esters (lactones) is 1. The van der Waals surface area contributed by atoms with Crippen LogP contribution in [0.5, 0.6) is 5.75 Å². The molecule has 2 aromatic rings. The molecule has 6 unspecified atom stereocenters. The normalized spacial score (nSPS) is 26.6. The number of carbonyl (C=O) groups excluding carboxylic acids is 4. The third-order valence-electron chi connectivity index (χ3n) is 7.50. The Balaban J connectivity index is 1.69. The average Bonchev–Trinajstić information content (AvgIpc) is 2.98. The number of esters is 1. The lowest BCUT2D eigenvalue weighted by atomic mass is 9.91. The van der Waals surface area contributed by atoms with Crippen molar-refractivity contribution in [3.63, 3.8) is 0 Å². The van der Waals surface area contributed by atoms with Crippen molar-refractivity contribution in [2.45, 2.75) is 57.0 Å². The molecule has 0 bridgehead atoms. The number of ether oxygens (including phenoxy) is 1. The van der Waals surface area contributed by atoms with Crippen LogP contribution in [0.3, 0.4) is 0 Å². The molecule has 1 saturated heterocycles. The lowest BCUT2D eigenvalue weighted by molar-refractivity contribution is -0.438. The third kappa shape index (κ3) is 7.95. The smallest absolute Gasteiger partial charge is 0.312 e. The van der Waals surface area contributed by atoms with E-state index in [9.17, 15) is 29.4 Å². The van der Waals surface area contributed by atoms with Crippen molar-refractivity contribution in [3.05, 3.63) is 89.6 Å². The minimum atomic E-state index is -1.41. The largest absolute Gasteiger partial charge is 0.507 e. The van der Waals surface area contributed by atoms with Crippen LogP contribution in [0, 0.1) is 5.92 Å². The number of nitrogens with one attached hydrogen (secondary N) is 3. The lowest BCUT2D eigenvalue weighted by Gasteiger charge is -2.33. The summed E-state index contributed by atoms with van der Waals surface area (Å²) in [5.41, 5.74) is 1.42. The van der Waals surface area contributed by atoms with Crippen molar-refractivity contribution < 1.29 is 38.7 Å². The van der Waals surface area contributed by atoms with Crippen molar-refractivity contribution in [1.82, 2.24) is 16.0 Å². The van der Waals surface area contributed by atoms with Gasteiger partial charge in [0.2, 0.25) is 5.91 Å². The summed E-state index contributed by atoms with van der Waals surface area (Å²) >= 11 is 0. The van der Waals surface area contributed by atoms with Crippen LogP contribution in [0.25, 0.3) is 0 Å². The summed E-state index contributed by atoms with van der Waals surface area (Å²) in [6, 6.07) is 11.5. The van der Waals surface area contributed by atoms with Gasteiger partial charge in [-0.2, -0.15) is 0 Å². The van der Waals surface area contributed by atoms with E-state index in [0.29, 0.717) is 6.54 Å². The lowest BCUT2D eigenvalue weighted by Crippen LogP contribution is -2.62. The Labute approximate surface area is 249 Å². The molecule has 43 heavy (non-hydrogen) atoms. The van der Waals surface area contributed by atoms with E-state index < -0.39 is 59.9 Å². The molecule has 0 saturated carbocycles. The number of hydrogen-bond acceptors (Lipinski definition) is 7. The second-order valence-electron chi connectivity index (χ2n) is 10.9. The van der Waals surface area contributed by atoms with Crippen LogP contribution in [0.4, 0.5) is 0 Å². The van der Waals surface area contributed by atoms with E-state index in [2.05, 4.69) is 22.7 Å². The molecule has 0 aliphatic carbocycles. The van der Waals surface area contributed by atoms with E-state index in [1.807, 2.05) is 18.2 Å². The molecule has 2 aliphatic rings. The second kappa shape index (κ2) is 13.9. The highest BCUT2D eigenvalue weighted by Crippen LogP contribution is 2.21. The number of para-hydroxylation sites is 1. The monoisotopic (exact) mass is 589 g/mol. The number of aliphatic hydroxyl groups is 1. The fourth-order valence-electron chi connectivity index (χ4n) is 5.03. The molecule has 2 aromatic carbocycles. The Morgan fingerprint density at radius 2 is 1.72 bits per heavy atom. The highest BCUT2D eigenvalue weighted by atomic mass is 16.5. The number of benzene rings is 2. The summed E-state index contributed by atoms with van der Waals surface area (Å²) < 4.78 is 7.36. The molecule has 4 rings (SSSR count). The van der Waals surface area contributed by atoms with Gasteiger partial charge in [-0.05, 0) is 37.6 Å². The molecule has 0 aromatic heterocycles. The molecule has 5 N–H and O–H groups in total. The fraction of sp³-hybridized carbons (Fsp3) is 0.344. The minimum absolute atomic E-state index is 0.0511. The number of amides is 3. The number of aromatic hydroxyl groups is 1. The molecule has 0 radical (unpaired) electrons. The Morgan fingerprint density at radius 3 is 2.42 bits per heavy atom. The third-order valence-corrected chi connectivity index (χ3v) is 7.50. The summed E-state index contributed by atoms with van der Waals surface area (Å²) in [6.45, 7) is 7.48. The molecule has 1 fully saturated rings. The van der Waals surface area contributed by atoms with E-state index in [4.69, 9.17) is 4.74 Å². The first-order valence-electron chi connectivity index (χ1n) is 14.1. The quantitative estimate of drug-likeness (QED) is 0.250. The molecule has 3 amide bonds. The molecule has 6 atom stereocenters. The maximum absolute atomic E-state index is 13.8. The van der Waals surface area contributed by atoms with Gasteiger partial charge in [0.15, 0.2) is 18.8 Å². The topological polar surface area (TPSA) is 157 Å². The van der Waals surface area contributed by atoms with Crippen LogP contribution in [-0.4, -0.2) is 82.1 Å². The van der Waals surface area contributed by atoms with Crippen LogP contribution < -0.4 is 16.0 Å². The Bertz CT molecular complexity index is 1440. The van der Waals surface area contributed by atoms with Crippen LogP contribution in [0.1, 0.15) is 36.2 Å². The van der Waals surface area contributed by atoms with Gasteiger partial charge in [-0.1, -0.05) is 48.5 Å². The van der Waals surface area contributed by atoms with Gasteiger partial charge in [0.25, 0.3) is 11.8 Å². The first kappa shape index (κ1) is 31.2. The maximum atomic E-state index is 13.8. The van der Waals surface area contributed by atoms with Gasteiger partial charge < -0.3 is 30.9 Å². The van der Waals surface area contributed by atoms with Gasteiger partial charge in [-0.25, -0.2) is 4.58 Å². The van der Waals surface area contributed by atoms with Crippen molar-refractivity contribution in [1.29, 1.82) is 0 Å². The molecule has 0 spiro atoms. The highest BCUT2D eigenvalue weighted by molar-refractivity contribution is 6.00. The first-order valence-corrected chi connectivity index (χ1v) is 14.1. The zero-order valence-electron chi connectivity index (χ0n) is 24.1. The van der Waals surface area contributed by atoms with E-state index in [1.165, 1.54) is 26.0 Å². The number of nitrogens with zero attached hydrogens (tertiary/aromatic N) is 1. The summed E-state index contributed by atoms with van der Waals surface area (Å²) in [5, 5.41) is 29.7. The molecule has 2 aliphatic heterocycles. The summed E-state index contributed by atoms with van der Waals surface area (Å²) in [4.78, 5) is 53.6. The van der Waals surface area contributed by atoms with E-state index >= 15 is 0 Å². The van der Waals surface area contributed by atoms with Crippen molar-refractivity contribution in [2.75, 3.05) is 6.54 Å². The van der Waals surface area contributed by atoms with E-state index in [1.54, 1.807) is 47.2 Å². The fourth-order valence-corrected chi connectivity index (χ4v) is 5.03. The Kier molecular flexibility index (Phi) is 10.1. The Morgan fingerprint density at radius 1 is 1.02 bits per heavy atom. The van der Waals surface area contributed by atoms with Crippen LogP contribution in [0.2, 0.25) is 0 Å². The van der Waals surface area contributed by atoms with Crippen LogP contribution >= 0.6 is 0 Å². The molecule has 11 nitrogen and oxygen atoms in total. The molecule has 2 heterocycles. The highest BCUT2D eigenvalue weighted by Gasteiger charge is 2.39. The number of aliphatic hydroxyl groups excluding tert-OH is 1. The number of allylic oxidation sites excluding steroid dienone is 1. The average molecular weight is 590 g/mol. The van der Waals surface area contributed by atoms with Crippen LogP contribution in [-0.2, 0) is 25.5 Å². The minimum Gasteiger partial charge on any atom is -0.507 e. The molecular formula is C32H37N4O7+. The van der Waals surface area contributed by atoms with Crippen LogP contribution in [0.15, 0.2) is 78.5 Å². The van der Waals surface area contributed by atoms with Gasteiger partial charge >= 0.3 is 5.97 Å². The van der Waals surface area contributed by atoms with E-state index in [0.717, 1.165) is 11.1 Å². The van der Waals surface area contributed by atoms with Gasteiger partial charge in [-0.3, -0.25) is 19.2 Å². The number of rotatable bonds is 6. The molecule has 11 heteroatoms. The molecular weight excluding hydrogens is 552 g/mol. The standard InChI is InChI=1S/C32H36N4O7/c1-19-28(38)24(16-22-12-9-15-36(3)18-22)34-31(41)27(35-29(39)23-13-7-8-14-25(23)37)20(2)33-30(40)26(43-32(19)42)17-21-10-5-4-6-11-21/h4-14,18-20,24,26-28,38H,3,15-17H2,1-2H3,(H3-,33,34,35,37,39,40,41)/p+1. The maximum Gasteiger partial charge on any atom is 0.312 e. The first-order chi connectivity index (χ1) is 20.5. The Hall–Kier alpha value is -4.77. The second-order valence-corrected chi connectivity index (χ2v) is 10.9. The zero-order chi connectivity index (χ0) is 31.1. The predicted octanol–water partition coefficient (Wildman–Crippen LogP) is 1.20. The number of carbonyl (C=O) groups is 4. The number of hydrogen-bond donors (Lipinski definition) is 5. The summed E-state index contributed by atoms with van der Waals surface area (Å²) in [5.74, 6) is -4.32. The number of phenolic OH excluding ortho intramolecular Hbond substituents is 1. The summed E-state index contributed by atoms with van der Waals surface area (Å²) in [7, 11) is 0.